The number of methoxy groups -OCH3 is 4. The Hall–Kier alpha value is -9.05. The fourth-order valence-electron chi connectivity index (χ4n) is 8.43. The second-order valence-electron chi connectivity index (χ2n) is 19.0. The molecule has 4 unspecified atom stereocenters. The van der Waals surface area contributed by atoms with Crippen LogP contribution in [-0.4, -0.2) is 132 Å². The highest BCUT2D eigenvalue weighted by Crippen LogP contribution is 2.28. The molecule has 27 heteroatoms. The van der Waals surface area contributed by atoms with Crippen LogP contribution >= 0.6 is 0 Å². The summed E-state index contributed by atoms with van der Waals surface area (Å²) in [6, 6.07) is 13.0. The summed E-state index contributed by atoms with van der Waals surface area (Å²) in [6.07, 6.45) is 4.13. The number of anilines is 4. The van der Waals surface area contributed by atoms with Crippen LogP contribution in [0.2, 0.25) is 0 Å². The minimum Gasteiger partial charge on any atom is -0.496 e. The van der Waals surface area contributed by atoms with Crippen molar-refractivity contribution in [3.8, 4) is 23.0 Å². The van der Waals surface area contributed by atoms with Gasteiger partial charge >= 0.3 is 0 Å². The molecule has 4 aromatic rings. The molecule has 4 rings (SSSR count). The molecule has 0 aromatic heterocycles. The van der Waals surface area contributed by atoms with Crippen LogP contribution in [-0.2, 0) is 19.2 Å². The van der Waals surface area contributed by atoms with E-state index < -0.39 is 71.4 Å². The molecule has 0 aliphatic rings. The minimum absolute atomic E-state index is 0.00434. The standard InChI is InChI=1S/C56H79N15O12/c1-80-44-20-16-32(28-36(44)48(61)72)66-53(77)41(13-5-8-24-57)69-50(74)38-30-34(18-22-46(38)82-3)68-55(79)43(15-7-10-26-59)71-51(75)39-31-35(19-23-47(39)83-4)67-54(78)42(14-6-9-25-58)70-49(73)37-29-33(17-21-45(37)81-2)65-52(76)40(60)12-11-27-64-56(62)63/h16-23,28-31,40-43H,5-15,24-27,57-60H2,1-4H3,(H2,61,72)(H,65,76)(H,66,77)(H,67,78)(H,68,79)(H,69,74)(H,70,73)(H,71,75)(H4,62,63,64). The Labute approximate surface area is 481 Å². The normalized spacial score (nSPS) is 12.2. The van der Waals surface area contributed by atoms with Gasteiger partial charge < -0.3 is 96.3 Å². The van der Waals surface area contributed by atoms with Crippen LogP contribution in [0.4, 0.5) is 22.7 Å². The second-order valence-corrected chi connectivity index (χ2v) is 19.0. The van der Waals surface area contributed by atoms with E-state index in [1.165, 1.54) is 101 Å². The van der Waals surface area contributed by atoms with Gasteiger partial charge in [0, 0.05) is 29.3 Å². The van der Waals surface area contributed by atoms with Gasteiger partial charge in [0.1, 0.15) is 41.1 Å². The lowest BCUT2D eigenvalue weighted by molar-refractivity contribution is -0.118. The lowest BCUT2D eigenvalue weighted by Crippen LogP contribution is -2.44. The van der Waals surface area contributed by atoms with Crippen molar-refractivity contribution in [1.29, 1.82) is 0 Å². The van der Waals surface area contributed by atoms with Gasteiger partial charge in [0.25, 0.3) is 23.6 Å². The summed E-state index contributed by atoms with van der Waals surface area (Å²) in [6.45, 7) is 1.25. The molecule has 8 amide bonds. The molecule has 450 valence electrons. The van der Waals surface area contributed by atoms with Gasteiger partial charge in [-0.2, -0.15) is 0 Å². The molecule has 21 N–H and O–H groups in total. The number of amides is 8. The summed E-state index contributed by atoms with van der Waals surface area (Å²) in [7, 11) is 5.42. The predicted octanol–water partition coefficient (Wildman–Crippen LogP) is 1.74. The summed E-state index contributed by atoms with van der Waals surface area (Å²) >= 11 is 0. The maximum Gasteiger partial charge on any atom is 0.255 e. The van der Waals surface area contributed by atoms with Gasteiger partial charge in [-0.3, -0.25) is 43.3 Å². The smallest absolute Gasteiger partial charge is 0.255 e. The molecule has 0 aliphatic heterocycles. The summed E-state index contributed by atoms with van der Waals surface area (Å²) in [5.74, 6) is -4.89. The van der Waals surface area contributed by atoms with Crippen molar-refractivity contribution >= 4 is 76.0 Å². The summed E-state index contributed by atoms with van der Waals surface area (Å²) < 4.78 is 21.7. The number of nitrogens with two attached hydrogens (primary N) is 7. The number of ether oxygens (including phenoxy) is 4. The average molecular weight is 1150 g/mol. The molecule has 27 nitrogen and oxygen atoms in total. The first-order valence-corrected chi connectivity index (χ1v) is 26.9. The van der Waals surface area contributed by atoms with E-state index in [-0.39, 0.29) is 106 Å². The highest BCUT2D eigenvalue weighted by Gasteiger charge is 2.29. The van der Waals surface area contributed by atoms with Crippen LogP contribution in [0.5, 0.6) is 23.0 Å². The Morgan fingerprint density at radius 3 is 1.01 bits per heavy atom. The first-order valence-electron chi connectivity index (χ1n) is 26.9. The fourth-order valence-corrected chi connectivity index (χ4v) is 8.43. The minimum atomic E-state index is -1.18. The Balaban J connectivity index is 1.54. The van der Waals surface area contributed by atoms with Gasteiger partial charge in [-0.25, -0.2) is 0 Å². The van der Waals surface area contributed by atoms with Gasteiger partial charge in [0.15, 0.2) is 5.96 Å². The third kappa shape index (κ3) is 20.8. The van der Waals surface area contributed by atoms with E-state index in [0.717, 1.165) is 0 Å². The number of benzene rings is 4. The molecule has 0 radical (unpaired) electrons. The average Bonchev–Trinajstić information content (AvgIpc) is 3.54. The lowest BCUT2D eigenvalue weighted by Gasteiger charge is -2.22. The van der Waals surface area contributed by atoms with Gasteiger partial charge in [-0.1, -0.05) is 0 Å². The third-order valence-corrected chi connectivity index (χ3v) is 12.9. The predicted molar refractivity (Wildman–Crippen MR) is 315 cm³/mol. The van der Waals surface area contributed by atoms with Crippen LogP contribution in [0.25, 0.3) is 0 Å². The SMILES string of the molecule is COc1ccc(NC(=O)C(CCCCN)NC(=O)c2cc(NC(=O)C(CCCCN)NC(=O)c3cc(NC(=O)C(CCCCN)NC(=O)c4cc(NC(=O)C(N)CCCN=C(N)N)ccc4OC)ccc3OC)ccc2OC)cc1C(N)=O. The zero-order chi connectivity index (χ0) is 61.0. The number of nitrogens with one attached hydrogen (secondary N) is 7. The van der Waals surface area contributed by atoms with E-state index in [1.807, 2.05) is 0 Å². The van der Waals surface area contributed by atoms with Crippen molar-refractivity contribution in [2.45, 2.75) is 94.8 Å². The van der Waals surface area contributed by atoms with E-state index in [0.29, 0.717) is 64.6 Å². The Kier molecular flexibility index (Phi) is 27.5. The fraction of sp³-hybridized carbons (Fsp3) is 0.411. The zero-order valence-electron chi connectivity index (χ0n) is 47.2. The maximum atomic E-state index is 14.2. The number of unbranched alkanes of at least 4 members (excludes halogenated alkanes) is 3. The third-order valence-electron chi connectivity index (χ3n) is 12.9. The number of carbonyl (C=O) groups is 8. The highest BCUT2D eigenvalue weighted by atomic mass is 16.5. The number of hydrogen-bond acceptors (Lipinski definition) is 17. The maximum absolute atomic E-state index is 14.2. The van der Waals surface area contributed by atoms with E-state index in [4.69, 9.17) is 59.1 Å². The molecule has 0 saturated carbocycles. The van der Waals surface area contributed by atoms with Crippen molar-refractivity contribution in [1.82, 2.24) is 16.0 Å². The molecule has 0 aliphatic carbocycles. The number of rotatable bonds is 35. The summed E-state index contributed by atoms with van der Waals surface area (Å²) in [4.78, 5) is 113. The second kappa shape index (κ2) is 34.3. The topological polar surface area (TPSA) is 452 Å². The largest absolute Gasteiger partial charge is 0.496 e. The first-order chi connectivity index (χ1) is 39.8. The van der Waals surface area contributed by atoms with Gasteiger partial charge in [0.05, 0.1) is 56.7 Å². The summed E-state index contributed by atoms with van der Waals surface area (Å²) in [5, 5.41) is 19.3. The van der Waals surface area contributed by atoms with Crippen molar-refractivity contribution in [3.63, 3.8) is 0 Å². The van der Waals surface area contributed by atoms with Crippen LogP contribution in [0.15, 0.2) is 77.8 Å². The Morgan fingerprint density at radius 1 is 0.422 bits per heavy atom. The number of aliphatic imine (C=N–C) groups is 1. The molecule has 0 fully saturated rings. The van der Waals surface area contributed by atoms with Crippen LogP contribution in [0.1, 0.15) is 112 Å². The molecule has 83 heavy (non-hydrogen) atoms. The van der Waals surface area contributed by atoms with Crippen molar-refractivity contribution in [2.24, 2.45) is 45.1 Å². The molecule has 0 saturated heterocycles. The number of hydrogen-bond donors (Lipinski definition) is 14. The van der Waals surface area contributed by atoms with E-state index in [9.17, 15) is 38.4 Å². The van der Waals surface area contributed by atoms with Crippen LogP contribution in [0.3, 0.4) is 0 Å². The molecule has 0 spiro atoms. The molecule has 4 atom stereocenters. The molecule has 0 heterocycles. The lowest BCUT2D eigenvalue weighted by atomic mass is 10.1. The Morgan fingerprint density at radius 2 is 0.723 bits per heavy atom. The van der Waals surface area contributed by atoms with Crippen LogP contribution < -0.4 is 96.3 Å². The Bertz CT molecular complexity index is 2920. The number of guanidine groups is 1. The van der Waals surface area contributed by atoms with Crippen molar-refractivity contribution in [3.05, 3.63) is 95.1 Å². The first kappa shape index (κ1) is 66.5. The van der Waals surface area contributed by atoms with Crippen molar-refractivity contribution in [2.75, 3.05) is 75.9 Å². The van der Waals surface area contributed by atoms with E-state index >= 15 is 0 Å². The van der Waals surface area contributed by atoms with E-state index in [2.05, 4.69) is 42.2 Å². The number of nitrogens with zero attached hydrogens (tertiary/aromatic N) is 1. The van der Waals surface area contributed by atoms with Crippen molar-refractivity contribution < 1.29 is 57.3 Å². The van der Waals surface area contributed by atoms with Gasteiger partial charge in [0.2, 0.25) is 23.6 Å². The molecular weight excluding hydrogens is 1070 g/mol. The molecule has 4 aromatic carbocycles. The summed E-state index contributed by atoms with van der Waals surface area (Å²) in [5.41, 5.74) is 40.3. The van der Waals surface area contributed by atoms with Gasteiger partial charge in [-0.15, -0.1) is 0 Å². The zero-order valence-corrected chi connectivity index (χ0v) is 47.2. The van der Waals surface area contributed by atoms with E-state index in [1.54, 1.807) is 0 Å². The number of carbonyl (C=O) groups excluding carboxylic acids is 8. The molecule has 0 bridgehead atoms. The molecular formula is C56H79N15O12. The number of primary amides is 1. The van der Waals surface area contributed by atoms with Gasteiger partial charge in [-0.05, 0) is 163 Å². The monoisotopic (exact) mass is 1150 g/mol. The van der Waals surface area contributed by atoms with Crippen LogP contribution in [0, 0.1) is 0 Å². The highest BCUT2D eigenvalue weighted by molar-refractivity contribution is 6.07. The quantitative estimate of drug-likeness (QED) is 0.0177.